The fourth-order valence-corrected chi connectivity index (χ4v) is 1.39. The number of pyridine rings is 1. The molecule has 0 fully saturated rings. The fraction of sp³-hybridized carbons (Fsp3) is 0.100. The summed E-state index contributed by atoms with van der Waals surface area (Å²) in [5.41, 5.74) is 0.0499. The molecule has 2 rings (SSSR count). The van der Waals surface area contributed by atoms with Crippen LogP contribution in [0, 0.1) is 0 Å². The van der Waals surface area contributed by atoms with Gasteiger partial charge in [-0.3, -0.25) is 0 Å². The Morgan fingerprint density at radius 2 is 2.29 bits per heavy atom. The third kappa shape index (κ3) is 2.73. The number of aromatic nitrogens is 2. The zero-order chi connectivity index (χ0) is 12.3. The third-order valence-electron chi connectivity index (χ3n) is 2.01. The first-order valence-corrected chi connectivity index (χ1v) is 5.08. The van der Waals surface area contributed by atoms with E-state index < -0.39 is 5.97 Å². The number of hydrogen-bond donors (Lipinski definition) is 2. The van der Waals surface area contributed by atoms with E-state index in [2.05, 4.69) is 15.5 Å². The summed E-state index contributed by atoms with van der Waals surface area (Å²) in [6, 6.07) is 4.48. The van der Waals surface area contributed by atoms with Crippen LogP contribution in [-0.2, 0) is 6.54 Å². The summed E-state index contributed by atoms with van der Waals surface area (Å²) in [6.07, 6.45) is 1.50. The van der Waals surface area contributed by atoms with Crippen LogP contribution in [0.5, 0.6) is 0 Å². The van der Waals surface area contributed by atoms with Gasteiger partial charge in [0, 0.05) is 6.07 Å². The predicted octanol–water partition coefficient (Wildman–Crippen LogP) is 2.03. The van der Waals surface area contributed by atoms with Crippen LogP contribution in [0.25, 0.3) is 0 Å². The molecule has 2 aromatic rings. The van der Waals surface area contributed by atoms with Gasteiger partial charge in [0.2, 0.25) is 0 Å². The Morgan fingerprint density at radius 1 is 1.47 bits per heavy atom. The molecule has 88 valence electrons. The van der Waals surface area contributed by atoms with Crippen molar-refractivity contribution in [1.82, 2.24) is 10.1 Å². The quantitative estimate of drug-likeness (QED) is 0.811. The highest BCUT2D eigenvalue weighted by Gasteiger charge is 2.12. The highest BCUT2D eigenvalue weighted by atomic mass is 35.5. The second-order valence-corrected chi connectivity index (χ2v) is 3.55. The van der Waals surface area contributed by atoms with Crippen molar-refractivity contribution in [3.63, 3.8) is 0 Å². The van der Waals surface area contributed by atoms with E-state index >= 15 is 0 Å². The van der Waals surface area contributed by atoms with E-state index in [0.717, 1.165) is 0 Å². The Balaban J connectivity index is 2.19. The Bertz CT molecular complexity index is 528. The van der Waals surface area contributed by atoms with Crippen molar-refractivity contribution in [3.8, 4) is 0 Å². The zero-order valence-corrected chi connectivity index (χ0v) is 9.31. The van der Waals surface area contributed by atoms with Gasteiger partial charge in [0.1, 0.15) is 16.5 Å². The molecule has 0 amide bonds. The number of rotatable bonds is 4. The minimum atomic E-state index is -1.07. The first-order valence-electron chi connectivity index (χ1n) is 4.70. The van der Waals surface area contributed by atoms with E-state index in [9.17, 15) is 4.79 Å². The van der Waals surface area contributed by atoms with Crippen molar-refractivity contribution in [1.29, 1.82) is 0 Å². The smallest absolute Gasteiger partial charge is 0.339 e. The Labute approximate surface area is 101 Å². The average Bonchev–Trinajstić information content (AvgIpc) is 2.78. The Hall–Kier alpha value is -2.08. The fourth-order valence-electron chi connectivity index (χ4n) is 1.25. The van der Waals surface area contributed by atoms with Crippen LogP contribution >= 0.6 is 11.6 Å². The normalized spacial score (nSPS) is 10.2. The summed E-state index contributed by atoms with van der Waals surface area (Å²) in [4.78, 5) is 14.8. The van der Waals surface area contributed by atoms with Crippen LogP contribution in [0.2, 0.25) is 5.15 Å². The molecule has 0 aromatic carbocycles. The van der Waals surface area contributed by atoms with Crippen LogP contribution in [0.3, 0.4) is 0 Å². The molecule has 2 N–H and O–H groups in total. The molecule has 0 radical (unpaired) electrons. The van der Waals surface area contributed by atoms with Gasteiger partial charge in [0.15, 0.2) is 5.76 Å². The zero-order valence-electron chi connectivity index (χ0n) is 8.55. The molecule has 0 atom stereocenters. The second kappa shape index (κ2) is 4.84. The van der Waals surface area contributed by atoms with Crippen LogP contribution in [-0.4, -0.2) is 21.2 Å². The molecule has 2 heterocycles. The van der Waals surface area contributed by atoms with E-state index in [1.165, 1.54) is 18.3 Å². The summed E-state index contributed by atoms with van der Waals surface area (Å²) in [6.45, 7) is 0.285. The van der Waals surface area contributed by atoms with E-state index in [4.69, 9.17) is 21.2 Å². The highest BCUT2D eigenvalue weighted by molar-refractivity contribution is 6.29. The number of anilines is 1. The minimum absolute atomic E-state index is 0.0499. The molecular weight excluding hydrogens is 246 g/mol. The molecule has 0 aliphatic rings. The van der Waals surface area contributed by atoms with Crippen LogP contribution in [0.15, 0.2) is 28.9 Å². The van der Waals surface area contributed by atoms with Crippen molar-refractivity contribution >= 4 is 23.4 Å². The molecule has 7 heteroatoms. The molecule has 2 aromatic heterocycles. The molecule has 0 saturated heterocycles. The number of aromatic carboxylic acids is 1. The van der Waals surface area contributed by atoms with Crippen LogP contribution in [0.4, 0.5) is 5.82 Å². The molecule has 0 unspecified atom stereocenters. The van der Waals surface area contributed by atoms with E-state index in [-0.39, 0.29) is 23.1 Å². The Morgan fingerprint density at radius 3 is 2.94 bits per heavy atom. The van der Waals surface area contributed by atoms with Gasteiger partial charge in [0.05, 0.1) is 12.7 Å². The van der Waals surface area contributed by atoms with Crippen molar-refractivity contribution in [2.75, 3.05) is 5.32 Å². The van der Waals surface area contributed by atoms with Gasteiger partial charge in [-0.05, 0) is 12.1 Å². The molecule has 6 nitrogen and oxygen atoms in total. The summed E-state index contributed by atoms with van der Waals surface area (Å²) in [7, 11) is 0. The summed E-state index contributed by atoms with van der Waals surface area (Å²) < 4.78 is 4.87. The molecule has 0 saturated carbocycles. The standard InChI is InChI=1S/C10H8ClN3O3/c11-8-2-1-7(10(15)16)9(14-8)12-5-6-3-4-13-17-6/h1-4H,5H2,(H,12,14)(H,15,16). The minimum Gasteiger partial charge on any atom is -0.478 e. The first-order chi connectivity index (χ1) is 8.16. The maximum absolute atomic E-state index is 10.9. The highest BCUT2D eigenvalue weighted by Crippen LogP contribution is 2.17. The van der Waals surface area contributed by atoms with Gasteiger partial charge in [-0.1, -0.05) is 16.8 Å². The average molecular weight is 254 g/mol. The number of nitrogens with one attached hydrogen (secondary N) is 1. The Kier molecular flexibility index (Phi) is 3.24. The number of carboxylic acids is 1. The third-order valence-corrected chi connectivity index (χ3v) is 2.22. The second-order valence-electron chi connectivity index (χ2n) is 3.17. The van der Waals surface area contributed by atoms with Gasteiger partial charge in [-0.25, -0.2) is 9.78 Å². The summed E-state index contributed by atoms with van der Waals surface area (Å²) >= 11 is 5.70. The molecule has 0 spiro atoms. The lowest BCUT2D eigenvalue weighted by Gasteiger charge is -2.06. The topological polar surface area (TPSA) is 88.2 Å². The van der Waals surface area contributed by atoms with Gasteiger partial charge in [0.25, 0.3) is 0 Å². The van der Waals surface area contributed by atoms with Crippen molar-refractivity contribution < 1.29 is 14.4 Å². The number of carbonyl (C=O) groups is 1. The first kappa shape index (κ1) is 11.4. The van der Waals surface area contributed by atoms with Gasteiger partial charge in [-0.2, -0.15) is 0 Å². The van der Waals surface area contributed by atoms with Crippen molar-refractivity contribution in [3.05, 3.63) is 40.9 Å². The van der Waals surface area contributed by atoms with Gasteiger partial charge >= 0.3 is 5.97 Å². The summed E-state index contributed by atoms with van der Waals surface area (Å²) in [5.74, 6) is -0.307. The maximum Gasteiger partial charge on any atom is 0.339 e. The SMILES string of the molecule is O=C(O)c1ccc(Cl)nc1NCc1ccno1. The molecular formula is C10H8ClN3O3. The van der Waals surface area contributed by atoms with Crippen molar-refractivity contribution in [2.45, 2.75) is 6.54 Å². The molecule has 17 heavy (non-hydrogen) atoms. The number of carboxylic acid groups (broad SMARTS) is 1. The lowest BCUT2D eigenvalue weighted by molar-refractivity contribution is 0.0697. The summed E-state index contributed by atoms with van der Waals surface area (Å²) in [5, 5.41) is 15.5. The van der Waals surface area contributed by atoms with Gasteiger partial charge < -0.3 is 14.9 Å². The van der Waals surface area contributed by atoms with Gasteiger partial charge in [-0.15, -0.1) is 0 Å². The lowest BCUT2D eigenvalue weighted by Crippen LogP contribution is -2.08. The molecule has 0 bridgehead atoms. The lowest BCUT2D eigenvalue weighted by atomic mass is 10.2. The van der Waals surface area contributed by atoms with E-state index in [0.29, 0.717) is 5.76 Å². The monoisotopic (exact) mass is 253 g/mol. The van der Waals surface area contributed by atoms with E-state index in [1.54, 1.807) is 6.07 Å². The van der Waals surface area contributed by atoms with Crippen LogP contribution < -0.4 is 5.32 Å². The predicted molar refractivity (Wildman–Crippen MR) is 60.0 cm³/mol. The molecule has 0 aliphatic heterocycles. The number of nitrogens with zero attached hydrogens (tertiary/aromatic N) is 2. The number of hydrogen-bond acceptors (Lipinski definition) is 5. The van der Waals surface area contributed by atoms with Crippen molar-refractivity contribution in [2.24, 2.45) is 0 Å². The van der Waals surface area contributed by atoms with Crippen LogP contribution in [0.1, 0.15) is 16.1 Å². The van der Waals surface area contributed by atoms with E-state index in [1.807, 2.05) is 0 Å². The maximum atomic E-state index is 10.9. The number of halogens is 1. The molecule has 0 aliphatic carbocycles. The largest absolute Gasteiger partial charge is 0.478 e.